The van der Waals surface area contributed by atoms with Crippen molar-refractivity contribution in [1.82, 2.24) is 9.88 Å². The quantitative estimate of drug-likeness (QED) is 0.629. The normalized spacial score (nSPS) is 14.7. The van der Waals surface area contributed by atoms with Gasteiger partial charge < -0.3 is 15.2 Å². The van der Waals surface area contributed by atoms with Crippen LogP contribution in [0.1, 0.15) is 19.3 Å². The first kappa shape index (κ1) is 19.0. The molecule has 0 aliphatic carbocycles. The van der Waals surface area contributed by atoms with E-state index in [2.05, 4.69) is 35.1 Å². The van der Waals surface area contributed by atoms with Crippen LogP contribution in [0.15, 0.2) is 67.3 Å². The number of carbonyl (C=O) groups is 2. The number of benzene rings is 2. The van der Waals surface area contributed by atoms with E-state index in [1.54, 1.807) is 6.08 Å². The number of aromatic nitrogens is 1. The topological polar surface area (TPSA) is 65.2 Å². The minimum Gasteiger partial charge on any atom is -0.355 e. The Balaban J connectivity index is 1.41. The molecule has 1 saturated heterocycles. The number of aromatic amines is 1. The molecule has 29 heavy (non-hydrogen) atoms. The van der Waals surface area contributed by atoms with E-state index in [-0.39, 0.29) is 17.7 Å². The van der Waals surface area contributed by atoms with E-state index in [1.165, 1.54) is 0 Å². The lowest BCUT2D eigenvalue weighted by atomic mass is 9.95. The Morgan fingerprint density at radius 2 is 1.90 bits per heavy atom. The number of hydrogen-bond donors (Lipinski definition) is 2. The molecule has 1 aliphatic rings. The number of fused-ring (bicyclic) bond motifs is 1. The highest BCUT2D eigenvalue weighted by molar-refractivity contribution is 5.94. The van der Waals surface area contributed by atoms with Gasteiger partial charge in [0.25, 0.3) is 0 Å². The van der Waals surface area contributed by atoms with E-state index >= 15 is 0 Å². The van der Waals surface area contributed by atoms with E-state index < -0.39 is 0 Å². The summed E-state index contributed by atoms with van der Waals surface area (Å²) in [6, 6.07) is 18.2. The van der Waals surface area contributed by atoms with E-state index in [9.17, 15) is 9.59 Å². The Labute approximate surface area is 170 Å². The largest absolute Gasteiger partial charge is 0.355 e. The number of nitrogens with zero attached hydrogens (tertiary/aromatic N) is 1. The molecule has 2 heterocycles. The molecule has 0 unspecified atom stereocenters. The van der Waals surface area contributed by atoms with Gasteiger partial charge >= 0.3 is 0 Å². The summed E-state index contributed by atoms with van der Waals surface area (Å²) in [5, 5.41) is 4.21. The molecule has 148 valence electrons. The van der Waals surface area contributed by atoms with E-state index in [4.69, 9.17) is 0 Å². The summed E-state index contributed by atoms with van der Waals surface area (Å²) in [6.07, 6.45) is 3.37. The number of likely N-dealkylation sites (tertiary alicyclic amines) is 1. The Bertz CT molecular complexity index is 1010. The number of piperidine rings is 1. The highest BCUT2D eigenvalue weighted by atomic mass is 16.2. The van der Waals surface area contributed by atoms with Crippen molar-refractivity contribution in [3.63, 3.8) is 0 Å². The molecule has 2 amide bonds. The molecule has 0 bridgehead atoms. The van der Waals surface area contributed by atoms with Gasteiger partial charge in [-0.3, -0.25) is 9.59 Å². The first-order valence-electron chi connectivity index (χ1n) is 10.0. The van der Waals surface area contributed by atoms with Crippen molar-refractivity contribution in [3.05, 3.63) is 67.3 Å². The van der Waals surface area contributed by atoms with Crippen molar-refractivity contribution in [2.45, 2.75) is 19.3 Å². The van der Waals surface area contributed by atoms with Crippen LogP contribution in [0.3, 0.4) is 0 Å². The molecule has 1 aliphatic heterocycles. The maximum absolute atomic E-state index is 12.7. The van der Waals surface area contributed by atoms with Crippen molar-refractivity contribution in [2.24, 2.45) is 5.92 Å². The number of nitrogens with one attached hydrogen (secondary N) is 2. The maximum atomic E-state index is 12.7. The number of rotatable bonds is 5. The molecule has 3 aromatic rings. The zero-order chi connectivity index (χ0) is 20.2. The predicted molar refractivity (Wildman–Crippen MR) is 116 cm³/mol. The van der Waals surface area contributed by atoms with Crippen LogP contribution in [0.2, 0.25) is 0 Å². The van der Waals surface area contributed by atoms with E-state index in [0.29, 0.717) is 32.4 Å². The van der Waals surface area contributed by atoms with Crippen molar-refractivity contribution >= 4 is 28.4 Å². The third-order valence-electron chi connectivity index (χ3n) is 5.51. The van der Waals surface area contributed by atoms with Gasteiger partial charge in [-0.25, -0.2) is 0 Å². The fourth-order valence-electron chi connectivity index (χ4n) is 3.88. The zero-order valence-electron chi connectivity index (χ0n) is 16.4. The van der Waals surface area contributed by atoms with Gasteiger partial charge in [0.2, 0.25) is 11.8 Å². The van der Waals surface area contributed by atoms with Gasteiger partial charge in [0.05, 0.1) is 0 Å². The van der Waals surface area contributed by atoms with Crippen LogP contribution in [-0.2, 0) is 9.59 Å². The summed E-state index contributed by atoms with van der Waals surface area (Å²) in [5.74, 6) is 0.0408. The molecule has 5 nitrogen and oxygen atoms in total. The summed E-state index contributed by atoms with van der Waals surface area (Å²) >= 11 is 0. The second kappa shape index (κ2) is 8.35. The third-order valence-corrected chi connectivity index (χ3v) is 5.51. The van der Waals surface area contributed by atoms with Gasteiger partial charge in [-0.05, 0) is 37.1 Å². The average Bonchev–Trinajstić information content (AvgIpc) is 3.19. The molecule has 2 aromatic carbocycles. The van der Waals surface area contributed by atoms with Crippen LogP contribution in [0.4, 0.5) is 5.69 Å². The molecule has 1 aromatic heterocycles. The lowest BCUT2D eigenvalue weighted by molar-refractivity contribution is -0.133. The summed E-state index contributed by atoms with van der Waals surface area (Å²) < 4.78 is 0. The SMILES string of the molecule is C=CCC(=O)N1CCC(C(=O)Nc2cccc(-c3cc4ccccc4[nH]3)c2)CC1. The number of carbonyl (C=O) groups excluding carboxylic acids is 2. The van der Waals surface area contributed by atoms with Crippen LogP contribution < -0.4 is 5.32 Å². The van der Waals surface area contributed by atoms with Gasteiger partial charge in [0.15, 0.2) is 0 Å². The second-order valence-corrected chi connectivity index (χ2v) is 7.49. The summed E-state index contributed by atoms with van der Waals surface area (Å²) in [4.78, 5) is 29.9. The van der Waals surface area contributed by atoms with Crippen molar-refractivity contribution in [2.75, 3.05) is 18.4 Å². The molecule has 0 spiro atoms. The monoisotopic (exact) mass is 387 g/mol. The summed E-state index contributed by atoms with van der Waals surface area (Å²) in [7, 11) is 0. The first-order valence-corrected chi connectivity index (χ1v) is 10.0. The van der Waals surface area contributed by atoms with E-state index in [1.807, 2.05) is 41.3 Å². The van der Waals surface area contributed by atoms with Crippen LogP contribution in [-0.4, -0.2) is 34.8 Å². The fourth-order valence-corrected chi connectivity index (χ4v) is 3.88. The second-order valence-electron chi connectivity index (χ2n) is 7.49. The third kappa shape index (κ3) is 4.24. The molecule has 1 fully saturated rings. The first-order chi connectivity index (χ1) is 14.1. The average molecular weight is 387 g/mol. The van der Waals surface area contributed by atoms with Crippen molar-refractivity contribution < 1.29 is 9.59 Å². The Kier molecular flexibility index (Phi) is 5.47. The molecule has 5 heteroatoms. The molecule has 0 atom stereocenters. The minimum absolute atomic E-state index is 0.0228. The number of anilines is 1. The van der Waals surface area contributed by atoms with Crippen LogP contribution in [0, 0.1) is 5.92 Å². The standard InChI is InChI=1S/C24H25N3O2/c1-2-6-23(28)27-13-11-17(12-14-27)24(29)25-20-9-5-8-18(15-20)22-16-19-7-3-4-10-21(19)26-22/h2-5,7-10,15-17,26H,1,6,11-14H2,(H,25,29). The summed E-state index contributed by atoms with van der Waals surface area (Å²) in [5.41, 5.74) is 3.94. The van der Waals surface area contributed by atoms with Crippen LogP contribution in [0.25, 0.3) is 22.2 Å². The summed E-state index contributed by atoms with van der Waals surface area (Å²) in [6.45, 7) is 4.86. The predicted octanol–water partition coefficient (Wildman–Crippen LogP) is 4.59. The number of amides is 2. The molecule has 0 radical (unpaired) electrons. The maximum Gasteiger partial charge on any atom is 0.227 e. The number of para-hydroxylation sites is 1. The lowest BCUT2D eigenvalue weighted by Crippen LogP contribution is -2.41. The molecule has 0 saturated carbocycles. The van der Waals surface area contributed by atoms with Gasteiger partial charge in [-0.15, -0.1) is 6.58 Å². The smallest absolute Gasteiger partial charge is 0.227 e. The Hall–Kier alpha value is -3.34. The van der Waals surface area contributed by atoms with Gasteiger partial charge in [0, 0.05) is 53.3 Å². The van der Waals surface area contributed by atoms with Gasteiger partial charge in [0.1, 0.15) is 0 Å². The van der Waals surface area contributed by atoms with Gasteiger partial charge in [-0.2, -0.15) is 0 Å². The highest BCUT2D eigenvalue weighted by Gasteiger charge is 2.26. The molecular weight excluding hydrogens is 362 g/mol. The number of H-pyrrole nitrogens is 1. The van der Waals surface area contributed by atoms with E-state index in [0.717, 1.165) is 27.8 Å². The molecular formula is C24H25N3O2. The minimum atomic E-state index is -0.0699. The number of hydrogen-bond acceptors (Lipinski definition) is 2. The van der Waals surface area contributed by atoms with Gasteiger partial charge in [-0.1, -0.05) is 36.4 Å². The highest BCUT2D eigenvalue weighted by Crippen LogP contribution is 2.27. The van der Waals surface area contributed by atoms with Crippen LogP contribution >= 0.6 is 0 Å². The fraction of sp³-hybridized carbons (Fsp3) is 0.250. The van der Waals surface area contributed by atoms with Crippen LogP contribution in [0.5, 0.6) is 0 Å². The van der Waals surface area contributed by atoms with Crippen molar-refractivity contribution in [1.29, 1.82) is 0 Å². The lowest BCUT2D eigenvalue weighted by Gasteiger charge is -2.31. The Morgan fingerprint density at radius 1 is 1.10 bits per heavy atom. The molecule has 4 rings (SSSR count). The Morgan fingerprint density at radius 3 is 2.66 bits per heavy atom. The molecule has 2 N–H and O–H groups in total. The zero-order valence-corrected chi connectivity index (χ0v) is 16.4. The van der Waals surface area contributed by atoms with Crippen molar-refractivity contribution in [3.8, 4) is 11.3 Å².